The van der Waals surface area contributed by atoms with E-state index in [-0.39, 0.29) is 23.8 Å². The Morgan fingerprint density at radius 3 is 1.68 bits per heavy atom. The monoisotopic (exact) mass is 305 g/mol. The molecule has 22 heavy (non-hydrogen) atoms. The lowest BCUT2D eigenvalue weighted by Crippen LogP contribution is -2.36. The van der Waals surface area contributed by atoms with Crippen molar-refractivity contribution in [2.24, 2.45) is 5.92 Å². The summed E-state index contributed by atoms with van der Waals surface area (Å²) in [5.74, 6) is -0.443. The Morgan fingerprint density at radius 1 is 0.864 bits per heavy atom. The molecule has 1 aromatic carbocycles. The maximum absolute atomic E-state index is 12.3. The molecule has 1 unspecified atom stereocenters. The predicted molar refractivity (Wildman–Crippen MR) is 86.8 cm³/mol. The maximum atomic E-state index is 12.3. The SMILES string of the molecule is CC(=O)Nc1cc(NC(C)=O)cc(C(=O)NC(C)C(C)C)c1. The predicted octanol–water partition coefficient (Wildman–Crippen LogP) is 2.38. The average Bonchev–Trinajstić information content (AvgIpc) is 2.36. The Morgan fingerprint density at radius 2 is 1.32 bits per heavy atom. The Kier molecular flexibility index (Phi) is 6.10. The highest BCUT2D eigenvalue weighted by molar-refractivity contribution is 6.00. The molecule has 0 spiro atoms. The molecule has 0 fully saturated rings. The third kappa shape index (κ3) is 5.55. The van der Waals surface area contributed by atoms with Crippen molar-refractivity contribution >= 4 is 29.1 Å². The van der Waals surface area contributed by atoms with Crippen LogP contribution in [0.5, 0.6) is 0 Å². The van der Waals surface area contributed by atoms with Crippen LogP contribution in [-0.4, -0.2) is 23.8 Å². The highest BCUT2D eigenvalue weighted by Crippen LogP contribution is 2.20. The molecule has 0 aliphatic rings. The molecular weight excluding hydrogens is 282 g/mol. The van der Waals surface area contributed by atoms with Gasteiger partial charge in [-0.1, -0.05) is 13.8 Å². The van der Waals surface area contributed by atoms with E-state index < -0.39 is 0 Å². The van der Waals surface area contributed by atoms with Crippen molar-refractivity contribution in [1.29, 1.82) is 0 Å². The van der Waals surface area contributed by atoms with Gasteiger partial charge in [-0.2, -0.15) is 0 Å². The van der Waals surface area contributed by atoms with Crippen LogP contribution >= 0.6 is 0 Å². The minimum Gasteiger partial charge on any atom is -0.349 e. The van der Waals surface area contributed by atoms with Crippen LogP contribution in [0.25, 0.3) is 0 Å². The lowest BCUT2D eigenvalue weighted by molar-refractivity contribution is -0.115. The van der Waals surface area contributed by atoms with Crippen LogP contribution in [0.4, 0.5) is 11.4 Å². The first-order valence-corrected chi connectivity index (χ1v) is 7.20. The standard InChI is InChI=1S/C16H23N3O3/c1-9(2)10(3)17-16(22)13-6-14(18-11(4)20)8-15(7-13)19-12(5)21/h6-10H,1-5H3,(H,17,22)(H,18,20)(H,19,21). The van der Waals surface area contributed by atoms with E-state index in [9.17, 15) is 14.4 Å². The third-order valence-electron chi connectivity index (χ3n) is 3.19. The zero-order chi connectivity index (χ0) is 16.9. The summed E-state index contributed by atoms with van der Waals surface area (Å²) in [5.41, 5.74) is 1.30. The topological polar surface area (TPSA) is 87.3 Å². The van der Waals surface area contributed by atoms with Crippen LogP contribution < -0.4 is 16.0 Å². The molecule has 1 atom stereocenters. The van der Waals surface area contributed by atoms with Crippen molar-refractivity contribution in [3.8, 4) is 0 Å². The van der Waals surface area contributed by atoms with Gasteiger partial charge in [0.15, 0.2) is 0 Å². The number of carbonyl (C=O) groups excluding carboxylic acids is 3. The van der Waals surface area contributed by atoms with Gasteiger partial charge in [0.25, 0.3) is 5.91 Å². The zero-order valence-corrected chi connectivity index (χ0v) is 13.6. The molecule has 0 saturated heterocycles. The van der Waals surface area contributed by atoms with Gasteiger partial charge in [0.1, 0.15) is 0 Å². The Hall–Kier alpha value is -2.37. The van der Waals surface area contributed by atoms with Crippen molar-refractivity contribution in [2.45, 2.75) is 40.7 Å². The molecule has 120 valence electrons. The van der Waals surface area contributed by atoms with Crippen molar-refractivity contribution < 1.29 is 14.4 Å². The zero-order valence-electron chi connectivity index (χ0n) is 13.6. The van der Waals surface area contributed by atoms with Gasteiger partial charge in [0, 0.05) is 36.8 Å². The van der Waals surface area contributed by atoms with E-state index >= 15 is 0 Å². The van der Waals surface area contributed by atoms with Crippen LogP contribution in [-0.2, 0) is 9.59 Å². The van der Waals surface area contributed by atoms with Crippen LogP contribution in [0, 0.1) is 5.92 Å². The number of rotatable bonds is 5. The summed E-state index contributed by atoms with van der Waals surface area (Å²) in [4.78, 5) is 34.7. The number of nitrogens with one attached hydrogen (secondary N) is 3. The quantitative estimate of drug-likeness (QED) is 0.780. The average molecular weight is 305 g/mol. The van der Waals surface area contributed by atoms with Crippen molar-refractivity contribution in [2.75, 3.05) is 10.6 Å². The summed E-state index contributed by atoms with van der Waals surface area (Å²) in [6, 6.07) is 4.77. The van der Waals surface area contributed by atoms with Gasteiger partial charge in [0.2, 0.25) is 11.8 Å². The van der Waals surface area contributed by atoms with E-state index in [0.29, 0.717) is 22.9 Å². The van der Waals surface area contributed by atoms with E-state index in [1.165, 1.54) is 13.8 Å². The molecule has 0 aromatic heterocycles. The maximum Gasteiger partial charge on any atom is 0.251 e. The molecule has 0 radical (unpaired) electrons. The van der Waals surface area contributed by atoms with Crippen LogP contribution in [0.3, 0.4) is 0 Å². The fourth-order valence-electron chi connectivity index (χ4n) is 1.77. The van der Waals surface area contributed by atoms with Gasteiger partial charge in [-0.15, -0.1) is 0 Å². The second kappa shape index (κ2) is 7.59. The highest BCUT2D eigenvalue weighted by atomic mass is 16.2. The number of hydrogen-bond acceptors (Lipinski definition) is 3. The molecule has 0 aliphatic carbocycles. The molecule has 0 bridgehead atoms. The first-order chi connectivity index (χ1) is 10.2. The first-order valence-electron chi connectivity index (χ1n) is 7.20. The molecule has 3 N–H and O–H groups in total. The van der Waals surface area contributed by atoms with Gasteiger partial charge < -0.3 is 16.0 Å². The van der Waals surface area contributed by atoms with Crippen LogP contribution in [0.15, 0.2) is 18.2 Å². The van der Waals surface area contributed by atoms with Crippen molar-refractivity contribution in [1.82, 2.24) is 5.32 Å². The normalized spacial score (nSPS) is 11.7. The molecule has 6 heteroatoms. The lowest BCUT2D eigenvalue weighted by atomic mass is 10.1. The highest BCUT2D eigenvalue weighted by Gasteiger charge is 2.14. The van der Waals surface area contributed by atoms with Gasteiger partial charge in [0.05, 0.1) is 0 Å². The van der Waals surface area contributed by atoms with Gasteiger partial charge in [-0.05, 0) is 31.0 Å². The summed E-state index contributed by atoms with van der Waals surface area (Å²) >= 11 is 0. The molecule has 0 aliphatic heterocycles. The molecule has 1 aromatic rings. The summed E-state index contributed by atoms with van der Waals surface area (Å²) in [5, 5.41) is 8.13. The molecule has 6 nitrogen and oxygen atoms in total. The molecule has 3 amide bonds. The second-order valence-corrected chi connectivity index (χ2v) is 5.67. The van der Waals surface area contributed by atoms with Crippen LogP contribution in [0.2, 0.25) is 0 Å². The number of amides is 3. The number of anilines is 2. The second-order valence-electron chi connectivity index (χ2n) is 5.67. The van der Waals surface area contributed by atoms with E-state index in [1.807, 2.05) is 20.8 Å². The molecule has 0 heterocycles. The third-order valence-corrected chi connectivity index (χ3v) is 3.19. The summed E-state index contributed by atoms with van der Waals surface area (Å²) in [6.07, 6.45) is 0. The minimum atomic E-state index is -0.250. The largest absolute Gasteiger partial charge is 0.349 e. The number of carbonyl (C=O) groups is 3. The fraction of sp³-hybridized carbons (Fsp3) is 0.438. The van der Waals surface area contributed by atoms with E-state index in [4.69, 9.17) is 0 Å². The number of benzene rings is 1. The van der Waals surface area contributed by atoms with E-state index in [2.05, 4.69) is 16.0 Å². The van der Waals surface area contributed by atoms with Gasteiger partial charge in [-0.25, -0.2) is 0 Å². The Balaban J connectivity index is 3.07. The van der Waals surface area contributed by atoms with E-state index in [1.54, 1.807) is 18.2 Å². The lowest BCUT2D eigenvalue weighted by Gasteiger charge is -2.18. The van der Waals surface area contributed by atoms with Crippen molar-refractivity contribution in [3.63, 3.8) is 0 Å². The van der Waals surface area contributed by atoms with E-state index in [0.717, 1.165) is 0 Å². The summed E-state index contributed by atoms with van der Waals surface area (Å²) < 4.78 is 0. The van der Waals surface area contributed by atoms with Crippen LogP contribution in [0.1, 0.15) is 45.0 Å². The summed E-state index contributed by atoms with van der Waals surface area (Å²) in [6.45, 7) is 8.72. The van der Waals surface area contributed by atoms with Crippen molar-refractivity contribution in [3.05, 3.63) is 23.8 Å². The Bertz CT molecular complexity index is 548. The smallest absolute Gasteiger partial charge is 0.251 e. The molecule has 1 rings (SSSR count). The van der Waals surface area contributed by atoms with Gasteiger partial charge >= 0.3 is 0 Å². The Labute approximate surface area is 130 Å². The fourth-order valence-corrected chi connectivity index (χ4v) is 1.77. The molecule has 0 saturated carbocycles. The van der Waals surface area contributed by atoms with Gasteiger partial charge in [-0.3, -0.25) is 14.4 Å². The summed E-state index contributed by atoms with van der Waals surface area (Å²) in [7, 11) is 0. The first kappa shape index (κ1) is 17.7. The number of hydrogen-bond donors (Lipinski definition) is 3. The molecular formula is C16H23N3O3. The minimum absolute atomic E-state index is 0.0149.